The quantitative estimate of drug-likeness (QED) is 0.159. The van der Waals surface area contributed by atoms with E-state index in [1.54, 1.807) is 7.11 Å². The van der Waals surface area contributed by atoms with Crippen LogP contribution in [0.15, 0.2) is 91.0 Å². The molecule has 0 radical (unpaired) electrons. The van der Waals surface area contributed by atoms with Crippen LogP contribution < -0.4 is 0 Å². The Labute approximate surface area is 242 Å². The maximum atomic E-state index is 6.56. The first-order chi connectivity index (χ1) is 19.8. The maximum Gasteiger partial charge on any atom is 0.186 e. The van der Waals surface area contributed by atoms with Crippen LogP contribution in [-0.2, 0) is 53.0 Å². The lowest BCUT2D eigenvalue weighted by Crippen LogP contribution is -2.61. The van der Waals surface area contributed by atoms with Gasteiger partial charge < -0.3 is 33.2 Å². The van der Waals surface area contributed by atoms with Crippen molar-refractivity contribution in [1.29, 1.82) is 0 Å². The summed E-state index contributed by atoms with van der Waals surface area (Å²) in [5, 5.41) is 0. The number of rotatable bonds is 17. The zero-order valence-electron chi connectivity index (χ0n) is 22.9. The lowest BCUT2D eigenvalue weighted by atomic mass is 9.98. The second-order valence-electron chi connectivity index (χ2n) is 9.44. The van der Waals surface area contributed by atoms with Crippen LogP contribution in [0.3, 0.4) is 0 Å². The van der Waals surface area contributed by atoms with E-state index in [1.807, 2.05) is 91.0 Å². The second-order valence-corrected chi connectivity index (χ2v) is 9.82. The molecule has 1 saturated heterocycles. The molecule has 0 unspecified atom stereocenters. The molecule has 1 aliphatic rings. The molecular weight excluding hydrogens is 532 g/mol. The molecule has 0 N–H and O–H groups in total. The van der Waals surface area contributed by atoms with Crippen LogP contribution in [0.2, 0.25) is 0 Å². The van der Waals surface area contributed by atoms with Crippen LogP contribution in [0.1, 0.15) is 16.7 Å². The molecule has 3 aromatic rings. The van der Waals surface area contributed by atoms with E-state index in [2.05, 4.69) is 0 Å². The molecule has 5 atom stereocenters. The molecule has 40 heavy (non-hydrogen) atoms. The third-order valence-electron chi connectivity index (χ3n) is 6.55. The van der Waals surface area contributed by atoms with Crippen LogP contribution in [0.25, 0.3) is 0 Å². The number of alkyl halides is 1. The summed E-state index contributed by atoms with van der Waals surface area (Å²) in [4.78, 5) is 0. The van der Waals surface area contributed by atoms with Crippen molar-refractivity contribution in [2.75, 3.05) is 39.4 Å². The van der Waals surface area contributed by atoms with E-state index in [4.69, 9.17) is 44.8 Å². The van der Waals surface area contributed by atoms with Gasteiger partial charge in [0.05, 0.1) is 46.2 Å². The molecule has 216 valence electrons. The van der Waals surface area contributed by atoms with Crippen LogP contribution in [0.5, 0.6) is 0 Å². The largest absolute Gasteiger partial charge is 0.378 e. The molecule has 1 heterocycles. The van der Waals surface area contributed by atoms with E-state index in [0.29, 0.717) is 52.1 Å². The molecular formula is C32H39ClO7. The van der Waals surface area contributed by atoms with Crippen molar-refractivity contribution in [3.8, 4) is 0 Å². The summed E-state index contributed by atoms with van der Waals surface area (Å²) in [5.41, 5.74) is 3.17. The summed E-state index contributed by atoms with van der Waals surface area (Å²) < 4.78 is 43.2. The zero-order valence-corrected chi connectivity index (χ0v) is 23.7. The lowest BCUT2D eigenvalue weighted by molar-refractivity contribution is -0.322. The molecule has 3 aromatic carbocycles. The fourth-order valence-electron chi connectivity index (χ4n) is 4.57. The molecule has 1 fully saturated rings. The highest BCUT2D eigenvalue weighted by Crippen LogP contribution is 2.30. The zero-order chi connectivity index (χ0) is 27.8. The number of hydrogen-bond acceptors (Lipinski definition) is 7. The van der Waals surface area contributed by atoms with Gasteiger partial charge in [-0.05, 0) is 16.7 Å². The summed E-state index contributed by atoms with van der Waals surface area (Å²) in [7, 11) is 1.61. The van der Waals surface area contributed by atoms with Gasteiger partial charge in [0.15, 0.2) is 6.29 Å². The van der Waals surface area contributed by atoms with Crippen molar-refractivity contribution < 1.29 is 33.2 Å². The average Bonchev–Trinajstić information content (AvgIpc) is 3.01. The molecule has 8 heteroatoms. The Morgan fingerprint density at radius 1 is 0.600 bits per heavy atom. The minimum Gasteiger partial charge on any atom is -0.378 e. The summed E-state index contributed by atoms with van der Waals surface area (Å²) in [5.74, 6) is 0.427. The third-order valence-corrected chi connectivity index (χ3v) is 6.70. The van der Waals surface area contributed by atoms with Gasteiger partial charge in [-0.1, -0.05) is 91.0 Å². The standard InChI is InChI=1S/C32H39ClO7/c1-34-32-31(39-23-27-15-9-4-10-16-27)30(38-22-26-13-7-3-8-14-26)29(37-20-19-35-18-17-33)28(40-32)24-36-21-25-11-5-2-6-12-25/h2-16,28-32H,17-24H2,1H3/t28-,29-,30+,31-,32+/m1/s1. The Bertz CT molecular complexity index is 1060. The van der Waals surface area contributed by atoms with Crippen LogP contribution >= 0.6 is 11.6 Å². The molecule has 0 saturated carbocycles. The van der Waals surface area contributed by atoms with Gasteiger partial charge in [-0.3, -0.25) is 0 Å². The molecule has 0 aromatic heterocycles. The third kappa shape index (κ3) is 9.65. The van der Waals surface area contributed by atoms with Gasteiger partial charge in [0, 0.05) is 13.0 Å². The first kappa shape index (κ1) is 30.6. The number of ether oxygens (including phenoxy) is 7. The Balaban J connectivity index is 1.52. The van der Waals surface area contributed by atoms with Crippen molar-refractivity contribution in [2.45, 2.75) is 50.5 Å². The molecule has 0 aliphatic carbocycles. The Morgan fingerprint density at radius 2 is 1.15 bits per heavy atom. The Morgan fingerprint density at radius 3 is 1.70 bits per heavy atom. The maximum absolute atomic E-state index is 6.56. The average molecular weight is 571 g/mol. The molecule has 4 rings (SSSR count). The fraction of sp³-hybridized carbons (Fsp3) is 0.438. The van der Waals surface area contributed by atoms with Crippen molar-refractivity contribution in [3.63, 3.8) is 0 Å². The SMILES string of the molecule is CO[C@H]1O[C@H](COCc2ccccc2)[C@@H](OCCOCCCl)[C@H](OCc2ccccc2)[C@H]1OCc1ccccc1. The number of methoxy groups -OCH3 is 1. The van der Waals surface area contributed by atoms with E-state index >= 15 is 0 Å². The summed E-state index contributed by atoms with van der Waals surface area (Å²) in [6.45, 7) is 2.70. The number of benzene rings is 3. The monoisotopic (exact) mass is 570 g/mol. The summed E-state index contributed by atoms with van der Waals surface area (Å²) >= 11 is 5.77. The summed E-state index contributed by atoms with van der Waals surface area (Å²) in [6.07, 6.45) is -2.68. The van der Waals surface area contributed by atoms with Crippen LogP contribution in [0.4, 0.5) is 0 Å². The van der Waals surface area contributed by atoms with Gasteiger partial charge in [0.2, 0.25) is 0 Å². The van der Waals surface area contributed by atoms with E-state index in [1.165, 1.54) is 0 Å². The first-order valence-corrected chi connectivity index (χ1v) is 14.2. The van der Waals surface area contributed by atoms with Gasteiger partial charge in [-0.25, -0.2) is 0 Å². The van der Waals surface area contributed by atoms with Gasteiger partial charge in [0.25, 0.3) is 0 Å². The van der Waals surface area contributed by atoms with Gasteiger partial charge in [0.1, 0.15) is 24.4 Å². The first-order valence-electron chi connectivity index (χ1n) is 13.6. The number of hydrogen-bond donors (Lipinski definition) is 0. The van der Waals surface area contributed by atoms with Gasteiger partial charge in [-0.15, -0.1) is 11.6 Å². The molecule has 1 aliphatic heterocycles. The smallest absolute Gasteiger partial charge is 0.186 e. The highest BCUT2D eigenvalue weighted by atomic mass is 35.5. The highest BCUT2D eigenvalue weighted by molar-refractivity contribution is 6.17. The molecule has 0 bridgehead atoms. The normalized spacial score (nSPS) is 22.8. The molecule has 0 amide bonds. The van der Waals surface area contributed by atoms with E-state index in [-0.39, 0.29) is 0 Å². The van der Waals surface area contributed by atoms with E-state index < -0.39 is 30.7 Å². The van der Waals surface area contributed by atoms with Crippen LogP contribution in [-0.4, -0.2) is 70.1 Å². The van der Waals surface area contributed by atoms with Crippen molar-refractivity contribution in [2.24, 2.45) is 0 Å². The van der Waals surface area contributed by atoms with E-state index in [0.717, 1.165) is 16.7 Å². The summed E-state index contributed by atoms with van der Waals surface area (Å²) in [6, 6.07) is 30.1. The molecule has 0 spiro atoms. The predicted octanol–water partition coefficient (Wildman–Crippen LogP) is 5.39. The number of halogens is 1. The van der Waals surface area contributed by atoms with Crippen molar-refractivity contribution in [3.05, 3.63) is 108 Å². The minimum absolute atomic E-state index is 0.290. The predicted molar refractivity (Wildman–Crippen MR) is 153 cm³/mol. The highest BCUT2D eigenvalue weighted by Gasteiger charge is 2.48. The van der Waals surface area contributed by atoms with Crippen LogP contribution in [0, 0.1) is 0 Å². The van der Waals surface area contributed by atoms with E-state index in [9.17, 15) is 0 Å². The minimum atomic E-state index is -0.679. The Kier molecular flexibility index (Phi) is 13.4. The van der Waals surface area contributed by atoms with Gasteiger partial charge >= 0.3 is 0 Å². The van der Waals surface area contributed by atoms with Crippen molar-refractivity contribution in [1.82, 2.24) is 0 Å². The topological polar surface area (TPSA) is 64.6 Å². The second kappa shape index (κ2) is 17.5. The Hall–Kier alpha value is -2.33. The molecule has 7 nitrogen and oxygen atoms in total. The van der Waals surface area contributed by atoms with Crippen molar-refractivity contribution >= 4 is 11.6 Å². The fourth-order valence-corrected chi connectivity index (χ4v) is 4.68. The lowest BCUT2D eigenvalue weighted by Gasteiger charge is -2.45. The van der Waals surface area contributed by atoms with Gasteiger partial charge in [-0.2, -0.15) is 0 Å².